The highest BCUT2D eigenvalue weighted by molar-refractivity contribution is 5.91. The van der Waals surface area contributed by atoms with Crippen LogP contribution in [-0.2, 0) is 6.54 Å². The highest BCUT2D eigenvalue weighted by Gasteiger charge is 2.12. The molecular weight excluding hydrogens is 410 g/mol. The average molecular weight is 440 g/mol. The molecule has 33 heavy (non-hydrogen) atoms. The first-order chi connectivity index (χ1) is 16.0. The van der Waals surface area contributed by atoms with E-state index in [1.165, 1.54) is 16.7 Å². The van der Waals surface area contributed by atoms with Crippen molar-refractivity contribution >= 4 is 22.4 Å². The van der Waals surface area contributed by atoms with Crippen molar-refractivity contribution in [3.05, 3.63) is 89.4 Å². The predicted octanol–water partition coefficient (Wildman–Crippen LogP) is 4.39. The van der Waals surface area contributed by atoms with Crippen LogP contribution < -0.4 is 5.73 Å². The fourth-order valence-corrected chi connectivity index (χ4v) is 4.58. The topological polar surface area (TPSA) is 69.1 Å². The predicted molar refractivity (Wildman–Crippen MR) is 133 cm³/mol. The summed E-state index contributed by atoms with van der Waals surface area (Å²) in [6.07, 6.45) is 6.74. The van der Waals surface area contributed by atoms with Crippen LogP contribution in [0.5, 0.6) is 0 Å². The lowest BCUT2D eigenvalue weighted by atomic mass is 10.0. The third-order valence-electron chi connectivity index (χ3n) is 6.48. The molecule has 5 rings (SSSR count). The van der Waals surface area contributed by atoms with E-state index in [-0.39, 0.29) is 5.69 Å². The van der Waals surface area contributed by atoms with Gasteiger partial charge < -0.3 is 15.2 Å². The second kappa shape index (κ2) is 8.71. The van der Waals surface area contributed by atoms with Gasteiger partial charge in [0.2, 0.25) is 0 Å². The number of aryl methyl sites for hydroxylation is 1. The van der Waals surface area contributed by atoms with E-state index in [0.29, 0.717) is 0 Å². The minimum atomic E-state index is -0.516. The first-order valence-electron chi connectivity index (χ1n) is 11.4. The van der Waals surface area contributed by atoms with Crippen molar-refractivity contribution in [2.45, 2.75) is 26.3 Å². The van der Waals surface area contributed by atoms with Crippen molar-refractivity contribution in [1.29, 1.82) is 0 Å². The Morgan fingerprint density at radius 3 is 2.64 bits per heavy atom. The standard InChI is InChI=1S/C27H29N5O/c1-19-16-25(27(28)33)29-32(19)24-9-10-26-23(17-24)12-15-31(26)18-20-5-7-22(8-6-20)21-4-3-13-30(2)14-11-21/h4-10,12,15-17H,3,11,13-14,18H2,1-2H3,(H2,28,33). The van der Waals surface area contributed by atoms with Crippen molar-refractivity contribution in [3.63, 3.8) is 0 Å². The fraction of sp³-hybridized carbons (Fsp3) is 0.259. The third-order valence-corrected chi connectivity index (χ3v) is 6.48. The van der Waals surface area contributed by atoms with Crippen LogP contribution in [0.4, 0.5) is 0 Å². The molecule has 168 valence electrons. The van der Waals surface area contributed by atoms with E-state index in [1.54, 1.807) is 10.7 Å². The molecule has 0 atom stereocenters. The normalized spacial score (nSPS) is 14.9. The van der Waals surface area contributed by atoms with Gasteiger partial charge in [-0.25, -0.2) is 4.68 Å². The number of aromatic nitrogens is 3. The van der Waals surface area contributed by atoms with E-state index in [1.807, 2.05) is 13.0 Å². The Labute approximate surface area is 193 Å². The molecule has 0 radical (unpaired) electrons. The van der Waals surface area contributed by atoms with Gasteiger partial charge in [0, 0.05) is 42.4 Å². The molecule has 1 amide bonds. The van der Waals surface area contributed by atoms with Gasteiger partial charge >= 0.3 is 0 Å². The van der Waals surface area contributed by atoms with Crippen LogP contribution in [-0.4, -0.2) is 45.3 Å². The number of primary amides is 1. The van der Waals surface area contributed by atoms with E-state index in [9.17, 15) is 4.79 Å². The van der Waals surface area contributed by atoms with Gasteiger partial charge in [-0.15, -0.1) is 0 Å². The van der Waals surface area contributed by atoms with Crippen molar-refractivity contribution in [2.75, 3.05) is 20.1 Å². The molecule has 0 unspecified atom stereocenters. The first kappa shape index (κ1) is 21.2. The number of rotatable bonds is 5. The summed E-state index contributed by atoms with van der Waals surface area (Å²) < 4.78 is 4.02. The van der Waals surface area contributed by atoms with Crippen molar-refractivity contribution in [3.8, 4) is 5.69 Å². The molecule has 3 heterocycles. The lowest BCUT2D eigenvalue weighted by Gasteiger charge is -2.13. The summed E-state index contributed by atoms with van der Waals surface area (Å²) in [6, 6.07) is 19.1. The SMILES string of the molecule is Cc1cc(C(N)=O)nn1-c1ccc2c(ccn2Cc2ccc(C3=CCCN(C)CC3)cc2)c1. The Morgan fingerprint density at radius 1 is 1.06 bits per heavy atom. The van der Waals surface area contributed by atoms with E-state index >= 15 is 0 Å². The van der Waals surface area contributed by atoms with Gasteiger partial charge in [-0.3, -0.25) is 4.79 Å². The van der Waals surface area contributed by atoms with Crippen LogP contribution in [0.3, 0.4) is 0 Å². The smallest absolute Gasteiger partial charge is 0.269 e. The van der Waals surface area contributed by atoms with Gasteiger partial charge in [-0.05, 0) is 73.8 Å². The molecule has 4 aromatic rings. The van der Waals surface area contributed by atoms with Crippen molar-refractivity contribution < 1.29 is 4.79 Å². The molecule has 6 heteroatoms. The number of fused-ring (bicyclic) bond motifs is 1. The lowest BCUT2D eigenvalue weighted by molar-refractivity contribution is 0.0995. The Morgan fingerprint density at radius 2 is 1.88 bits per heavy atom. The molecule has 6 nitrogen and oxygen atoms in total. The minimum absolute atomic E-state index is 0.278. The van der Waals surface area contributed by atoms with Crippen LogP contribution in [0.15, 0.2) is 66.9 Å². The maximum absolute atomic E-state index is 11.5. The Balaban J connectivity index is 1.36. The zero-order chi connectivity index (χ0) is 22.9. The number of nitrogens with two attached hydrogens (primary N) is 1. The van der Waals surface area contributed by atoms with Crippen molar-refractivity contribution in [2.24, 2.45) is 5.73 Å². The third kappa shape index (κ3) is 4.34. The molecule has 1 aliphatic rings. The van der Waals surface area contributed by atoms with E-state index < -0.39 is 5.91 Å². The molecule has 2 N–H and O–H groups in total. The zero-order valence-electron chi connectivity index (χ0n) is 19.2. The van der Waals surface area contributed by atoms with Gasteiger partial charge in [0.25, 0.3) is 5.91 Å². The zero-order valence-corrected chi connectivity index (χ0v) is 19.2. The average Bonchev–Trinajstić information content (AvgIpc) is 3.32. The van der Waals surface area contributed by atoms with Crippen LogP contribution >= 0.6 is 0 Å². The highest BCUT2D eigenvalue weighted by atomic mass is 16.1. The number of carbonyl (C=O) groups is 1. The molecule has 0 saturated carbocycles. The molecule has 0 fully saturated rings. The summed E-state index contributed by atoms with van der Waals surface area (Å²) in [6.45, 7) is 4.99. The molecule has 0 saturated heterocycles. The largest absolute Gasteiger partial charge is 0.364 e. The van der Waals surface area contributed by atoms with Gasteiger partial charge in [0.05, 0.1) is 5.69 Å². The summed E-state index contributed by atoms with van der Waals surface area (Å²) in [5.41, 5.74) is 12.7. The molecule has 2 aromatic carbocycles. The van der Waals surface area contributed by atoms with Crippen LogP contribution in [0.25, 0.3) is 22.2 Å². The fourth-order valence-electron chi connectivity index (χ4n) is 4.58. The summed E-state index contributed by atoms with van der Waals surface area (Å²) >= 11 is 0. The summed E-state index contributed by atoms with van der Waals surface area (Å²) in [5, 5.41) is 5.48. The quantitative estimate of drug-likeness (QED) is 0.501. The molecular formula is C27H29N5O. The second-order valence-corrected chi connectivity index (χ2v) is 8.90. The Hall–Kier alpha value is -3.64. The molecule has 0 spiro atoms. The van der Waals surface area contributed by atoms with Crippen molar-refractivity contribution in [1.82, 2.24) is 19.2 Å². The van der Waals surface area contributed by atoms with E-state index in [0.717, 1.165) is 54.8 Å². The highest BCUT2D eigenvalue weighted by Crippen LogP contribution is 2.24. The van der Waals surface area contributed by atoms with Crippen LogP contribution in [0.1, 0.15) is 40.2 Å². The van der Waals surface area contributed by atoms with Gasteiger partial charge in [-0.1, -0.05) is 30.3 Å². The first-order valence-corrected chi connectivity index (χ1v) is 11.4. The molecule has 1 aliphatic heterocycles. The van der Waals surface area contributed by atoms with Crippen LogP contribution in [0.2, 0.25) is 0 Å². The summed E-state index contributed by atoms with van der Waals surface area (Å²) in [4.78, 5) is 13.9. The number of carbonyl (C=O) groups excluding carboxylic acids is 1. The van der Waals surface area contributed by atoms with Gasteiger partial charge in [0.15, 0.2) is 5.69 Å². The minimum Gasteiger partial charge on any atom is -0.364 e. The van der Waals surface area contributed by atoms with E-state index in [2.05, 4.69) is 76.4 Å². The van der Waals surface area contributed by atoms with Crippen LogP contribution in [0, 0.1) is 6.92 Å². The van der Waals surface area contributed by atoms with E-state index in [4.69, 9.17) is 5.73 Å². The number of benzene rings is 2. The maximum Gasteiger partial charge on any atom is 0.269 e. The summed E-state index contributed by atoms with van der Waals surface area (Å²) in [5.74, 6) is -0.516. The number of hydrogen-bond donors (Lipinski definition) is 1. The molecule has 2 aromatic heterocycles. The Bertz CT molecular complexity index is 1340. The van der Waals surface area contributed by atoms with Gasteiger partial charge in [0.1, 0.15) is 0 Å². The number of amides is 1. The Kier molecular flexibility index (Phi) is 5.60. The maximum atomic E-state index is 11.5. The molecule has 0 aliphatic carbocycles. The summed E-state index contributed by atoms with van der Waals surface area (Å²) in [7, 11) is 2.19. The van der Waals surface area contributed by atoms with Gasteiger partial charge in [-0.2, -0.15) is 5.10 Å². The molecule has 0 bridgehead atoms. The number of nitrogens with zero attached hydrogens (tertiary/aromatic N) is 4. The monoisotopic (exact) mass is 439 g/mol. The number of hydrogen-bond acceptors (Lipinski definition) is 3. The lowest BCUT2D eigenvalue weighted by Crippen LogP contribution is -2.18. The second-order valence-electron chi connectivity index (χ2n) is 8.90.